The van der Waals surface area contributed by atoms with E-state index in [0.29, 0.717) is 0 Å². The predicted octanol–water partition coefficient (Wildman–Crippen LogP) is 3.01. The van der Waals surface area contributed by atoms with E-state index in [0.717, 1.165) is 9.42 Å². The van der Waals surface area contributed by atoms with Crippen molar-refractivity contribution in [2.75, 3.05) is 16.8 Å². The Kier molecular flexibility index (Phi) is 5.07. The Labute approximate surface area is 178 Å². The van der Waals surface area contributed by atoms with Gasteiger partial charge in [0.05, 0.1) is 34.9 Å². The van der Waals surface area contributed by atoms with Gasteiger partial charge in [0.25, 0.3) is 5.66 Å². The molecule has 1 aliphatic heterocycles. The summed E-state index contributed by atoms with van der Waals surface area (Å²) in [7, 11) is 3.42. The van der Waals surface area contributed by atoms with Crippen molar-refractivity contribution in [1.82, 2.24) is 24.8 Å². The topological polar surface area (TPSA) is 112 Å². The molecule has 9 nitrogen and oxygen atoms in total. The second kappa shape index (κ2) is 7.36. The van der Waals surface area contributed by atoms with Gasteiger partial charge in [-0.3, -0.25) is 4.90 Å². The number of nitriles is 1. The monoisotopic (exact) mass is 466 g/mol. The van der Waals surface area contributed by atoms with Gasteiger partial charge in [-0.15, -0.1) is 0 Å². The molecule has 4 heterocycles. The molecule has 0 bridgehead atoms. The van der Waals surface area contributed by atoms with Crippen LogP contribution in [0.1, 0.15) is 29.9 Å². The van der Waals surface area contributed by atoms with Crippen molar-refractivity contribution in [2.45, 2.75) is 23.9 Å². The number of anilines is 2. The Bertz CT molecular complexity index is 1240. The van der Waals surface area contributed by atoms with Crippen LogP contribution >= 0.6 is 18.5 Å². The van der Waals surface area contributed by atoms with E-state index in [1.165, 1.54) is 40.7 Å². The fourth-order valence-corrected chi connectivity index (χ4v) is 3.78. The highest BCUT2D eigenvalue weighted by Crippen LogP contribution is 2.52. The number of amides is 2. The lowest BCUT2D eigenvalue weighted by Gasteiger charge is -2.31. The Morgan fingerprint density at radius 3 is 2.81 bits per heavy atom. The number of urea groups is 1. The van der Waals surface area contributed by atoms with Crippen LogP contribution in [0.4, 0.5) is 29.3 Å². The first kappa shape index (κ1) is 21.3. The zero-order chi connectivity index (χ0) is 22.6. The van der Waals surface area contributed by atoms with Crippen LogP contribution in [0.5, 0.6) is 0 Å². The summed E-state index contributed by atoms with van der Waals surface area (Å²) in [6.07, 6.45) is 2.49. The molecule has 1 aliphatic rings. The minimum atomic E-state index is -3.32. The lowest BCUT2D eigenvalue weighted by molar-refractivity contribution is 0.0249. The third kappa shape index (κ3) is 3.48. The number of halogens is 3. The summed E-state index contributed by atoms with van der Waals surface area (Å²) < 4.78 is 44.1. The van der Waals surface area contributed by atoms with Gasteiger partial charge in [-0.05, 0) is 13.0 Å². The molecule has 2 amide bonds. The summed E-state index contributed by atoms with van der Waals surface area (Å²) in [5.41, 5.74) is -4.69. The number of rotatable bonds is 3. The van der Waals surface area contributed by atoms with E-state index >= 15 is 0 Å². The van der Waals surface area contributed by atoms with E-state index in [4.69, 9.17) is 5.26 Å². The van der Waals surface area contributed by atoms with Gasteiger partial charge in [0, 0.05) is 12.6 Å². The van der Waals surface area contributed by atoms with Gasteiger partial charge in [-0.25, -0.2) is 27.5 Å². The van der Waals surface area contributed by atoms with Crippen molar-refractivity contribution in [3.63, 3.8) is 0 Å². The maximum absolute atomic E-state index is 14.7. The molecular weight excluding hydrogens is 451 g/mol. The van der Waals surface area contributed by atoms with E-state index < -0.39 is 29.6 Å². The Morgan fingerprint density at radius 2 is 2.16 bits per heavy atom. The van der Waals surface area contributed by atoms with Gasteiger partial charge in [0.2, 0.25) is 0 Å². The third-order valence-electron chi connectivity index (χ3n) is 5.05. The number of hydrogen-bond acceptors (Lipinski definition) is 6. The molecule has 0 fully saturated rings. The Morgan fingerprint density at radius 1 is 1.42 bits per heavy atom. The Hall–Kier alpha value is -2.89. The number of aromatic nitrogens is 5. The van der Waals surface area contributed by atoms with Crippen molar-refractivity contribution < 1.29 is 18.0 Å². The fourth-order valence-electron chi connectivity index (χ4n) is 3.39. The molecule has 31 heavy (non-hydrogen) atoms. The SMILES string of the molecule is CC1(C(F)(F)P)CN(C(=O)Nc2cnnc(C(F)P)c2)c2cnc3cc(C#N)nn3c21. The highest BCUT2D eigenvalue weighted by atomic mass is 31.0. The molecular formula is C17H15F3N8OP2. The molecule has 4 unspecified atom stereocenters. The van der Waals surface area contributed by atoms with Crippen molar-refractivity contribution in [1.29, 1.82) is 5.26 Å². The largest absolute Gasteiger partial charge is 0.326 e. The number of fused-ring (bicyclic) bond motifs is 3. The van der Waals surface area contributed by atoms with Gasteiger partial charge >= 0.3 is 6.03 Å². The van der Waals surface area contributed by atoms with Gasteiger partial charge in [-0.2, -0.15) is 20.6 Å². The molecule has 4 atom stereocenters. The minimum absolute atomic E-state index is 0.00632. The molecule has 3 aromatic rings. The standard InChI is InChI=1S/C17H15F3N8OP2/c1-16(17(19,20)31)7-27(15(29)24-9-2-10(14(18)30)25-23-5-9)11-6-22-12-3-8(4-21)26-28(12)13(11)16/h2-3,5-6,14H,7,30-31H2,1H3,(H,24,25,29). The Balaban J connectivity index is 1.79. The molecule has 160 valence electrons. The number of carbonyl (C=O) groups is 1. The third-order valence-corrected chi connectivity index (χ3v) is 6.03. The van der Waals surface area contributed by atoms with Crippen LogP contribution in [0.3, 0.4) is 0 Å². The van der Waals surface area contributed by atoms with Crippen LogP contribution in [-0.2, 0) is 5.41 Å². The van der Waals surface area contributed by atoms with Crippen LogP contribution in [0.25, 0.3) is 5.65 Å². The first-order chi connectivity index (χ1) is 14.5. The molecule has 0 saturated heterocycles. The average Bonchev–Trinajstić information content (AvgIpc) is 3.27. The predicted molar refractivity (Wildman–Crippen MR) is 112 cm³/mol. The van der Waals surface area contributed by atoms with Gasteiger partial charge in [0.15, 0.2) is 17.3 Å². The molecule has 14 heteroatoms. The van der Waals surface area contributed by atoms with E-state index in [1.54, 1.807) is 0 Å². The van der Waals surface area contributed by atoms with Crippen LogP contribution in [0, 0.1) is 11.3 Å². The van der Waals surface area contributed by atoms with Crippen molar-refractivity contribution >= 4 is 41.5 Å². The van der Waals surface area contributed by atoms with Crippen LogP contribution in [-0.4, -0.2) is 43.0 Å². The zero-order valence-electron chi connectivity index (χ0n) is 15.9. The smallest absolute Gasteiger partial charge is 0.306 e. The molecule has 0 spiro atoms. The zero-order valence-corrected chi connectivity index (χ0v) is 18.2. The van der Waals surface area contributed by atoms with Gasteiger partial charge < -0.3 is 5.32 Å². The highest BCUT2D eigenvalue weighted by Gasteiger charge is 2.57. The number of carbonyl (C=O) groups excluding carboxylic acids is 1. The summed E-state index contributed by atoms with van der Waals surface area (Å²) in [4.78, 5) is 18.2. The molecule has 0 aliphatic carbocycles. The summed E-state index contributed by atoms with van der Waals surface area (Å²) in [5, 5.41) is 22.9. The van der Waals surface area contributed by atoms with E-state index in [1.807, 2.05) is 15.3 Å². The summed E-state index contributed by atoms with van der Waals surface area (Å²) in [5.74, 6) is -1.48. The first-order valence-corrected chi connectivity index (χ1v) is 10.1. The maximum Gasteiger partial charge on any atom is 0.326 e. The highest BCUT2D eigenvalue weighted by molar-refractivity contribution is 7.18. The van der Waals surface area contributed by atoms with Crippen LogP contribution in [0.15, 0.2) is 24.5 Å². The van der Waals surface area contributed by atoms with Crippen molar-refractivity contribution in [2.24, 2.45) is 0 Å². The number of nitrogens with zero attached hydrogens (tertiary/aromatic N) is 7. The molecule has 4 rings (SSSR count). The second-order valence-electron chi connectivity index (χ2n) is 7.15. The van der Waals surface area contributed by atoms with Crippen molar-refractivity contribution in [3.8, 4) is 6.07 Å². The lowest BCUT2D eigenvalue weighted by Crippen LogP contribution is -2.45. The summed E-state index contributed by atoms with van der Waals surface area (Å²) >= 11 is 0. The number of hydrogen-bond donors (Lipinski definition) is 1. The van der Waals surface area contributed by atoms with E-state index in [9.17, 15) is 18.0 Å². The summed E-state index contributed by atoms with van der Waals surface area (Å²) in [6, 6.07) is 3.76. The summed E-state index contributed by atoms with van der Waals surface area (Å²) in [6.45, 7) is 0.904. The fraction of sp³-hybridized carbons (Fsp3) is 0.294. The molecule has 0 saturated carbocycles. The molecule has 3 aromatic heterocycles. The first-order valence-electron chi connectivity index (χ1n) is 8.82. The average molecular weight is 466 g/mol. The molecule has 0 aromatic carbocycles. The number of nitrogens with one attached hydrogen (secondary N) is 1. The number of alkyl halides is 3. The van der Waals surface area contributed by atoms with E-state index in [2.05, 4.69) is 25.6 Å². The molecule has 0 radical (unpaired) electrons. The van der Waals surface area contributed by atoms with E-state index in [-0.39, 0.29) is 34.1 Å². The van der Waals surface area contributed by atoms with Crippen LogP contribution in [0.2, 0.25) is 0 Å². The maximum atomic E-state index is 14.7. The normalized spacial score (nSPS) is 19.2. The van der Waals surface area contributed by atoms with Gasteiger partial charge in [-0.1, -0.05) is 18.5 Å². The quantitative estimate of drug-likeness (QED) is 0.594. The second-order valence-corrected chi connectivity index (χ2v) is 8.46. The lowest BCUT2D eigenvalue weighted by atomic mass is 9.88. The van der Waals surface area contributed by atoms with Gasteiger partial charge in [0.1, 0.15) is 11.8 Å². The molecule has 1 N–H and O–H groups in total. The van der Waals surface area contributed by atoms with Crippen molar-refractivity contribution in [3.05, 3.63) is 41.6 Å². The minimum Gasteiger partial charge on any atom is -0.306 e. The van der Waals surface area contributed by atoms with Crippen LogP contribution < -0.4 is 10.2 Å².